The van der Waals surface area contributed by atoms with Crippen LogP contribution in [0.25, 0.3) is 0 Å². The van der Waals surface area contributed by atoms with Crippen LogP contribution in [0.3, 0.4) is 0 Å². The number of hydrogen-bond acceptors (Lipinski definition) is 1. The van der Waals surface area contributed by atoms with E-state index in [9.17, 15) is 0 Å². The predicted octanol–water partition coefficient (Wildman–Crippen LogP) is 1.30. The van der Waals surface area contributed by atoms with Crippen molar-refractivity contribution in [1.29, 1.82) is 0 Å². The van der Waals surface area contributed by atoms with Crippen molar-refractivity contribution in [3.8, 4) is 0 Å². The normalized spacial score (nSPS) is 13.6. The van der Waals surface area contributed by atoms with Crippen LogP contribution in [0.1, 0.15) is 12.5 Å². The summed E-state index contributed by atoms with van der Waals surface area (Å²) in [6.07, 6.45) is 0.993. The van der Waals surface area contributed by atoms with E-state index >= 15 is 0 Å². The zero-order valence-corrected chi connectivity index (χ0v) is 5.67. The van der Waals surface area contributed by atoms with Gasteiger partial charge in [-0.25, -0.2) is 6.07 Å². The van der Waals surface area contributed by atoms with Gasteiger partial charge in [-0.2, -0.15) is 23.8 Å². The second-order valence-corrected chi connectivity index (χ2v) is 2.47. The number of rotatable bonds is 2. The summed E-state index contributed by atoms with van der Waals surface area (Å²) in [5, 5.41) is 0. The molecule has 1 unspecified atom stereocenters. The third-order valence-corrected chi connectivity index (χ3v) is 1.29. The summed E-state index contributed by atoms with van der Waals surface area (Å²) in [6, 6.07) is 8.56. The van der Waals surface area contributed by atoms with Gasteiger partial charge in [-0.3, -0.25) is 0 Å². The Labute approximate surface area is 55.9 Å². The van der Waals surface area contributed by atoms with Crippen LogP contribution in [0.2, 0.25) is 0 Å². The van der Waals surface area contributed by atoms with Gasteiger partial charge in [0.05, 0.1) is 0 Å². The van der Waals surface area contributed by atoms with Crippen molar-refractivity contribution in [2.24, 2.45) is 5.73 Å². The van der Waals surface area contributed by atoms with E-state index < -0.39 is 0 Å². The van der Waals surface area contributed by atoms with Crippen molar-refractivity contribution >= 4 is 0 Å². The minimum atomic E-state index is 0.285. The van der Waals surface area contributed by atoms with Crippen molar-refractivity contribution in [3.05, 3.63) is 29.8 Å². The summed E-state index contributed by atoms with van der Waals surface area (Å²) in [7, 11) is 0. The average Bonchev–Trinajstić information content (AvgIpc) is 2.15. The van der Waals surface area contributed by atoms with Crippen LogP contribution in [0.5, 0.6) is 0 Å². The van der Waals surface area contributed by atoms with Gasteiger partial charge in [0.25, 0.3) is 0 Å². The van der Waals surface area contributed by atoms with Gasteiger partial charge in [-0.05, 0) is 6.04 Å². The Morgan fingerprint density at radius 3 is 3.00 bits per heavy atom. The van der Waals surface area contributed by atoms with E-state index in [0.29, 0.717) is 0 Å². The molecule has 0 saturated heterocycles. The van der Waals surface area contributed by atoms with Crippen LogP contribution in [0, 0.1) is 0 Å². The van der Waals surface area contributed by atoms with Crippen LogP contribution in [0.15, 0.2) is 24.3 Å². The molecule has 0 aliphatic rings. The first-order chi connectivity index (χ1) is 4.29. The number of nitrogens with two attached hydrogens (primary N) is 1. The molecule has 0 aromatic heterocycles. The minimum Gasteiger partial charge on any atom is -0.329 e. The van der Waals surface area contributed by atoms with Crippen LogP contribution >= 0.6 is 0 Å². The molecule has 1 aromatic rings. The predicted molar refractivity (Wildman–Crippen MR) is 39.4 cm³/mol. The lowest BCUT2D eigenvalue weighted by Crippen LogP contribution is -2.17. The Bertz CT molecular complexity index is 151. The van der Waals surface area contributed by atoms with Crippen LogP contribution in [-0.2, 0) is 6.42 Å². The number of hydrogen-bond donors (Lipinski definition) is 1. The van der Waals surface area contributed by atoms with Crippen molar-refractivity contribution in [1.82, 2.24) is 0 Å². The minimum absolute atomic E-state index is 0.285. The third-order valence-electron chi connectivity index (χ3n) is 1.29. The summed E-state index contributed by atoms with van der Waals surface area (Å²) in [5.74, 6) is 0. The molecule has 9 heavy (non-hydrogen) atoms. The van der Waals surface area contributed by atoms with Gasteiger partial charge in [0.1, 0.15) is 0 Å². The maximum atomic E-state index is 5.58. The largest absolute Gasteiger partial charge is 0.329 e. The van der Waals surface area contributed by atoms with Crippen molar-refractivity contribution in [2.45, 2.75) is 19.4 Å². The van der Waals surface area contributed by atoms with E-state index in [1.165, 1.54) is 5.56 Å². The molecule has 50 valence electrons. The molecule has 1 atom stereocenters. The highest BCUT2D eigenvalue weighted by Crippen LogP contribution is 2.01. The first-order valence-electron chi connectivity index (χ1n) is 3.25. The average molecular weight is 122 g/mol. The Kier molecular flexibility index (Phi) is 1.96. The van der Waals surface area contributed by atoms with Gasteiger partial charge in [-0.1, -0.05) is 13.3 Å². The Balaban J connectivity index is 2.48. The third kappa shape index (κ3) is 1.94. The molecule has 1 aromatic carbocycles. The fourth-order valence-corrected chi connectivity index (χ4v) is 0.922. The molecule has 0 spiro atoms. The molecule has 0 heterocycles. The van der Waals surface area contributed by atoms with Crippen LogP contribution < -0.4 is 5.73 Å². The highest BCUT2D eigenvalue weighted by atomic mass is 14.6. The summed E-state index contributed by atoms with van der Waals surface area (Å²) in [6.45, 7) is 2.02. The SMILES string of the molecule is CC(N)Cc1cc[cH-]c1. The molecule has 0 amide bonds. The molecule has 2 N–H and O–H groups in total. The molecule has 1 heteroatoms. The summed E-state index contributed by atoms with van der Waals surface area (Å²) < 4.78 is 0. The molecule has 0 saturated carbocycles. The lowest BCUT2D eigenvalue weighted by molar-refractivity contribution is 0.739. The van der Waals surface area contributed by atoms with Crippen LogP contribution in [-0.4, -0.2) is 6.04 Å². The summed E-state index contributed by atoms with van der Waals surface area (Å²) in [5.41, 5.74) is 6.92. The van der Waals surface area contributed by atoms with Gasteiger partial charge in [0.2, 0.25) is 0 Å². The molecule has 0 radical (unpaired) electrons. The van der Waals surface area contributed by atoms with E-state index in [1.54, 1.807) is 0 Å². The van der Waals surface area contributed by atoms with E-state index in [4.69, 9.17) is 5.73 Å². The van der Waals surface area contributed by atoms with E-state index in [1.807, 2.05) is 19.1 Å². The van der Waals surface area contributed by atoms with Gasteiger partial charge in [-0.15, -0.1) is 0 Å². The molecule has 0 aliphatic heterocycles. The van der Waals surface area contributed by atoms with Crippen molar-refractivity contribution in [2.75, 3.05) is 0 Å². The highest BCUT2D eigenvalue weighted by Gasteiger charge is 1.88. The molecular formula is C8H12N-. The van der Waals surface area contributed by atoms with E-state index in [0.717, 1.165) is 6.42 Å². The first kappa shape index (κ1) is 6.43. The van der Waals surface area contributed by atoms with Gasteiger partial charge < -0.3 is 5.73 Å². The smallest absolute Gasteiger partial charge is 0.00632 e. The lowest BCUT2D eigenvalue weighted by Gasteiger charge is -2.06. The second kappa shape index (κ2) is 2.74. The zero-order chi connectivity index (χ0) is 6.69. The summed E-state index contributed by atoms with van der Waals surface area (Å²) in [4.78, 5) is 0. The maximum Gasteiger partial charge on any atom is -0.00632 e. The topological polar surface area (TPSA) is 26.0 Å². The Morgan fingerprint density at radius 1 is 1.78 bits per heavy atom. The van der Waals surface area contributed by atoms with E-state index in [2.05, 4.69) is 12.1 Å². The molecule has 1 rings (SSSR count). The van der Waals surface area contributed by atoms with Crippen LogP contribution in [0.4, 0.5) is 0 Å². The zero-order valence-electron chi connectivity index (χ0n) is 5.67. The lowest BCUT2D eigenvalue weighted by atomic mass is 10.1. The molecule has 1 nitrogen and oxygen atoms in total. The van der Waals surface area contributed by atoms with Gasteiger partial charge in [0, 0.05) is 0 Å². The Morgan fingerprint density at radius 2 is 2.56 bits per heavy atom. The fourth-order valence-electron chi connectivity index (χ4n) is 0.922. The van der Waals surface area contributed by atoms with Gasteiger partial charge >= 0.3 is 0 Å². The van der Waals surface area contributed by atoms with E-state index in [-0.39, 0.29) is 6.04 Å². The maximum absolute atomic E-state index is 5.58. The molecule has 0 fully saturated rings. The molecule has 0 aliphatic carbocycles. The quantitative estimate of drug-likeness (QED) is 0.588. The molecule has 0 bridgehead atoms. The Hall–Kier alpha value is -0.690. The van der Waals surface area contributed by atoms with Crippen molar-refractivity contribution < 1.29 is 0 Å². The monoisotopic (exact) mass is 122 g/mol. The second-order valence-electron chi connectivity index (χ2n) is 2.47. The standard InChI is InChI=1S/C8H12N/c1-7(9)6-8-4-2-3-5-8/h2-5,7H,6,9H2,1H3/q-1. The van der Waals surface area contributed by atoms with Crippen molar-refractivity contribution in [3.63, 3.8) is 0 Å². The van der Waals surface area contributed by atoms with Gasteiger partial charge in [0.15, 0.2) is 0 Å². The molecular weight excluding hydrogens is 110 g/mol. The fraction of sp³-hybridized carbons (Fsp3) is 0.375. The first-order valence-corrected chi connectivity index (χ1v) is 3.25. The summed E-state index contributed by atoms with van der Waals surface area (Å²) >= 11 is 0. The highest BCUT2D eigenvalue weighted by molar-refractivity contribution is 5.16.